The molecule has 0 fully saturated rings. The SMILES string of the molecule is c1ccc(Cn2c(SCc3noc(-c4ccccc4)n3)nnc2-c2ccco2)cc1. The van der Waals surface area contributed by atoms with Crippen LogP contribution in [0, 0.1) is 0 Å². The van der Waals surface area contributed by atoms with Gasteiger partial charge < -0.3 is 8.94 Å². The minimum atomic E-state index is 0.508. The molecule has 0 atom stereocenters. The van der Waals surface area contributed by atoms with E-state index in [1.807, 2.05) is 65.2 Å². The van der Waals surface area contributed by atoms with Gasteiger partial charge in [0.2, 0.25) is 5.82 Å². The smallest absolute Gasteiger partial charge is 0.257 e. The van der Waals surface area contributed by atoms with E-state index in [1.54, 1.807) is 6.26 Å². The van der Waals surface area contributed by atoms with Crippen molar-refractivity contribution in [2.24, 2.45) is 0 Å². The summed E-state index contributed by atoms with van der Waals surface area (Å²) in [6.45, 7) is 0.633. The third-order valence-electron chi connectivity index (χ3n) is 4.46. The Balaban J connectivity index is 1.39. The number of furan rings is 1. The third kappa shape index (κ3) is 3.90. The van der Waals surface area contributed by atoms with Gasteiger partial charge in [0, 0.05) is 5.56 Å². The number of nitrogens with zero attached hydrogens (tertiary/aromatic N) is 5. The normalized spacial score (nSPS) is 11.1. The Labute approximate surface area is 176 Å². The zero-order valence-electron chi connectivity index (χ0n) is 15.9. The van der Waals surface area contributed by atoms with Crippen LogP contribution in [0.15, 0.2) is 93.2 Å². The highest BCUT2D eigenvalue weighted by atomic mass is 32.2. The van der Waals surface area contributed by atoms with E-state index in [0.717, 1.165) is 16.3 Å². The predicted octanol–water partition coefficient (Wildman–Crippen LogP) is 4.93. The van der Waals surface area contributed by atoms with Crippen molar-refractivity contribution >= 4 is 11.8 Å². The van der Waals surface area contributed by atoms with Crippen molar-refractivity contribution < 1.29 is 8.94 Å². The first kappa shape index (κ1) is 18.4. The molecule has 3 heterocycles. The van der Waals surface area contributed by atoms with Crippen molar-refractivity contribution in [3.8, 4) is 23.0 Å². The molecule has 148 valence electrons. The van der Waals surface area contributed by atoms with Crippen LogP contribution < -0.4 is 0 Å². The summed E-state index contributed by atoms with van der Waals surface area (Å²) in [5.74, 6) is 2.99. The van der Waals surface area contributed by atoms with Gasteiger partial charge in [-0.15, -0.1) is 10.2 Å². The van der Waals surface area contributed by atoms with Gasteiger partial charge in [0.05, 0.1) is 18.6 Å². The topological polar surface area (TPSA) is 82.8 Å². The van der Waals surface area contributed by atoms with Gasteiger partial charge in [-0.2, -0.15) is 4.98 Å². The first-order valence-electron chi connectivity index (χ1n) is 9.38. The van der Waals surface area contributed by atoms with E-state index in [9.17, 15) is 0 Å². The molecule has 5 aromatic rings. The number of thioether (sulfide) groups is 1. The highest BCUT2D eigenvalue weighted by Crippen LogP contribution is 2.27. The number of hydrogen-bond acceptors (Lipinski definition) is 7. The zero-order valence-corrected chi connectivity index (χ0v) is 16.7. The quantitative estimate of drug-likeness (QED) is 0.349. The monoisotopic (exact) mass is 415 g/mol. The molecule has 30 heavy (non-hydrogen) atoms. The second-order valence-corrected chi connectivity index (χ2v) is 7.47. The van der Waals surface area contributed by atoms with Gasteiger partial charge >= 0.3 is 0 Å². The van der Waals surface area contributed by atoms with Crippen LogP contribution in [-0.2, 0) is 12.3 Å². The molecule has 5 rings (SSSR count). The highest BCUT2D eigenvalue weighted by Gasteiger charge is 2.18. The lowest BCUT2D eigenvalue weighted by molar-refractivity contribution is 0.425. The zero-order chi connectivity index (χ0) is 20.2. The molecule has 0 saturated carbocycles. The summed E-state index contributed by atoms with van der Waals surface area (Å²) in [7, 11) is 0. The first-order valence-corrected chi connectivity index (χ1v) is 10.4. The van der Waals surface area contributed by atoms with E-state index < -0.39 is 0 Å². The van der Waals surface area contributed by atoms with E-state index in [4.69, 9.17) is 8.94 Å². The maximum Gasteiger partial charge on any atom is 0.257 e. The summed E-state index contributed by atoms with van der Waals surface area (Å²) in [6.07, 6.45) is 1.63. The predicted molar refractivity (Wildman–Crippen MR) is 113 cm³/mol. The van der Waals surface area contributed by atoms with Gasteiger partial charge in [-0.25, -0.2) is 0 Å². The fourth-order valence-corrected chi connectivity index (χ4v) is 3.81. The molecule has 0 radical (unpaired) electrons. The molecule has 0 bridgehead atoms. The summed E-state index contributed by atoms with van der Waals surface area (Å²) in [4.78, 5) is 4.49. The largest absolute Gasteiger partial charge is 0.461 e. The number of aromatic nitrogens is 5. The maximum absolute atomic E-state index is 5.55. The molecule has 7 nitrogen and oxygen atoms in total. The van der Waals surface area contributed by atoms with Crippen LogP contribution in [0.4, 0.5) is 0 Å². The summed E-state index contributed by atoms with van der Waals surface area (Å²) in [5, 5.41) is 13.6. The van der Waals surface area contributed by atoms with Crippen LogP contribution in [0.3, 0.4) is 0 Å². The number of hydrogen-bond donors (Lipinski definition) is 0. The maximum atomic E-state index is 5.55. The average Bonchev–Trinajstić information content (AvgIpc) is 3.55. The fraction of sp³-hybridized carbons (Fsp3) is 0.0909. The minimum Gasteiger partial charge on any atom is -0.461 e. The lowest BCUT2D eigenvalue weighted by Gasteiger charge is -2.08. The molecule has 8 heteroatoms. The summed E-state index contributed by atoms with van der Waals surface area (Å²) in [5.41, 5.74) is 2.05. The van der Waals surface area contributed by atoms with Gasteiger partial charge in [0.25, 0.3) is 5.89 Å². The molecule has 0 amide bonds. The molecule has 0 N–H and O–H groups in total. The highest BCUT2D eigenvalue weighted by molar-refractivity contribution is 7.98. The molecule has 3 aromatic heterocycles. The standard InChI is InChI=1S/C22H17N5O2S/c1-3-8-16(9-4-1)14-27-20(18-12-7-13-28-18)24-25-22(27)30-15-19-23-21(29-26-19)17-10-5-2-6-11-17/h1-13H,14-15H2. The number of benzene rings is 2. The van der Waals surface area contributed by atoms with Crippen molar-refractivity contribution in [1.82, 2.24) is 24.9 Å². The van der Waals surface area contributed by atoms with Gasteiger partial charge in [-0.05, 0) is 29.8 Å². The van der Waals surface area contributed by atoms with E-state index in [2.05, 4.69) is 32.5 Å². The first-order chi connectivity index (χ1) is 14.9. The van der Waals surface area contributed by atoms with E-state index in [-0.39, 0.29) is 0 Å². The molecule has 0 saturated heterocycles. The Bertz CT molecular complexity index is 1220. The van der Waals surface area contributed by atoms with E-state index >= 15 is 0 Å². The molecule has 0 aliphatic rings. The molecular weight excluding hydrogens is 398 g/mol. The molecular formula is C22H17N5O2S. The third-order valence-corrected chi connectivity index (χ3v) is 5.42. The van der Waals surface area contributed by atoms with Gasteiger partial charge in [-0.1, -0.05) is 65.4 Å². The molecule has 0 aliphatic carbocycles. The van der Waals surface area contributed by atoms with Crippen LogP contribution in [-0.4, -0.2) is 24.9 Å². The Kier molecular flexibility index (Phi) is 5.14. The lowest BCUT2D eigenvalue weighted by atomic mass is 10.2. The van der Waals surface area contributed by atoms with Crippen molar-refractivity contribution in [1.29, 1.82) is 0 Å². The average molecular weight is 415 g/mol. The molecule has 0 unspecified atom stereocenters. The van der Waals surface area contributed by atoms with E-state index in [1.165, 1.54) is 11.8 Å². The summed E-state index contributed by atoms with van der Waals surface area (Å²) >= 11 is 1.51. The second kappa shape index (κ2) is 8.38. The van der Waals surface area contributed by atoms with Crippen LogP contribution in [0.25, 0.3) is 23.0 Å². The van der Waals surface area contributed by atoms with Crippen LogP contribution in [0.2, 0.25) is 0 Å². The molecule has 0 spiro atoms. The Morgan fingerprint density at radius 1 is 0.867 bits per heavy atom. The molecule has 2 aromatic carbocycles. The number of rotatable bonds is 7. The van der Waals surface area contributed by atoms with Crippen LogP contribution >= 0.6 is 11.8 Å². The molecule has 0 aliphatic heterocycles. The van der Waals surface area contributed by atoms with Gasteiger partial charge in [0.1, 0.15) is 0 Å². The van der Waals surface area contributed by atoms with Crippen LogP contribution in [0.1, 0.15) is 11.4 Å². The summed E-state index contributed by atoms with van der Waals surface area (Å²) < 4.78 is 13.0. The van der Waals surface area contributed by atoms with Crippen LogP contribution in [0.5, 0.6) is 0 Å². The van der Waals surface area contributed by atoms with Crippen molar-refractivity contribution in [2.75, 3.05) is 0 Å². The minimum absolute atomic E-state index is 0.508. The second-order valence-electron chi connectivity index (χ2n) is 6.53. The van der Waals surface area contributed by atoms with Gasteiger partial charge in [0.15, 0.2) is 16.7 Å². The van der Waals surface area contributed by atoms with Crippen molar-refractivity contribution in [3.63, 3.8) is 0 Å². The Morgan fingerprint density at radius 3 is 2.43 bits per heavy atom. The van der Waals surface area contributed by atoms with E-state index in [0.29, 0.717) is 35.6 Å². The van der Waals surface area contributed by atoms with Crippen molar-refractivity contribution in [2.45, 2.75) is 17.5 Å². The lowest BCUT2D eigenvalue weighted by Crippen LogP contribution is -2.04. The van der Waals surface area contributed by atoms with Gasteiger partial charge in [-0.3, -0.25) is 4.57 Å². The Morgan fingerprint density at radius 2 is 1.67 bits per heavy atom. The van der Waals surface area contributed by atoms with Crippen molar-refractivity contribution in [3.05, 3.63) is 90.4 Å². The Hall–Kier alpha value is -3.65. The fourth-order valence-electron chi connectivity index (χ4n) is 3.03. The summed E-state index contributed by atoms with van der Waals surface area (Å²) in [6, 6.07) is 23.6.